The lowest BCUT2D eigenvalue weighted by molar-refractivity contribution is -0.166. The zero-order valence-corrected chi connectivity index (χ0v) is 61.3. The van der Waals surface area contributed by atoms with Crippen LogP contribution in [0.25, 0.3) is 0 Å². The van der Waals surface area contributed by atoms with Crippen LogP contribution in [0.15, 0.2) is 264 Å². The molecule has 7 aromatic carbocycles. The number of ether oxygens (including phenoxy) is 15. The summed E-state index contributed by atoms with van der Waals surface area (Å²) >= 11 is 0. The molecule has 11 rings (SSSR count). The van der Waals surface area contributed by atoms with Crippen molar-refractivity contribution in [3.63, 3.8) is 0 Å². The second kappa shape index (κ2) is 32.0. The zero-order chi connectivity index (χ0) is 75.4. The smallest absolute Gasteiger partial charge is 0.252 e. The van der Waals surface area contributed by atoms with E-state index in [2.05, 4.69) is 184 Å². The van der Waals surface area contributed by atoms with Gasteiger partial charge in [0.05, 0.1) is 81.4 Å². The molecule has 15 nitrogen and oxygen atoms in total. The summed E-state index contributed by atoms with van der Waals surface area (Å²) in [7, 11) is 0. The first kappa shape index (κ1) is 76.3. The normalized spacial score (nSPS) is 15.2. The first-order valence-electron chi connectivity index (χ1n) is 33.8. The molecule has 15 heteroatoms. The predicted octanol–water partition coefficient (Wildman–Crippen LogP) is 22.5. The fourth-order valence-corrected chi connectivity index (χ4v) is 15.2. The van der Waals surface area contributed by atoms with Crippen molar-refractivity contribution >= 4 is 0 Å². The second-order valence-corrected chi connectivity index (χ2v) is 27.7. The van der Waals surface area contributed by atoms with Crippen molar-refractivity contribution in [1.82, 2.24) is 0 Å². The summed E-state index contributed by atoms with van der Waals surface area (Å²) in [5, 5.41) is 0. The first-order chi connectivity index (χ1) is 49.7. The highest BCUT2D eigenvalue weighted by molar-refractivity contribution is 5.67. The van der Waals surface area contributed by atoms with Gasteiger partial charge >= 0.3 is 0 Å². The Hall–Kier alpha value is -11.8. The summed E-state index contributed by atoms with van der Waals surface area (Å²) in [6.45, 7) is 67.8. The van der Waals surface area contributed by atoms with Gasteiger partial charge in [0, 0.05) is 77.3 Å². The summed E-state index contributed by atoms with van der Waals surface area (Å²) < 4.78 is 86.7. The molecule has 4 aliphatic rings. The molecule has 2 heterocycles. The van der Waals surface area contributed by atoms with Crippen molar-refractivity contribution in [3.05, 3.63) is 325 Å². The Morgan fingerprint density at radius 3 is 0.865 bits per heavy atom. The van der Waals surface area contributed by atoms with Gasteiger partial charge in [-0.15, -0.1) is 0 Å². The van der Waals surface area contributed by atoms with E-state index in [1.54, 1.807) is 12.1 Å². The van der Waals surface area contributed by atoms with E-state index in [9.17, 15) is 0 Å². The van der Waals surface area contributed by atoms with Crippen molar-refractivity contribution < 1.29 is 71.1 Å². The summed E-state index contributed by atoms with van der Waals surface area (Å²) in [4.78, 5) is 0. The minimum absolute atomic E-state index is 0.0746. The Kier molecular flexibility index (Phi) is 23.5. The number of benzene rings is 7. The number of hydrogen-bond acceptors (Lipinski definition) is 15. The van der Waals surface area contributed by atoms with Gasteiger partial charge in [-0.05, 0) is 124 Å². The van der Waals surface area contributed by atoms with Crippen LogP contribution >= 0.6 is 0 Å². The van der Waals surface area contributed by atoms with Crippen LogP contribution in [-0.4, -0.2) is 5.79 Å². The molecule has 104 heavy (non-hydrogen) atoms. The minimum atomic E-state index is -0.911. The van der Waals surface area contributed by atoms with E-state index in [1.807, 2.05) is 48.5 Å². The Morgan fingerprint density at radius 1 is 0.288 bits per heavy atom. The van der Waals surface area contributed by atoms with Crippen molar-refractivity contribution in [3.8, 4) is 86.2 Å². The fourth-order valence-electron chi connectivity index (χ4n) is 15.2. The van der Waals surface area contributed by atoms with Crippen molar-refractivity contribution in [2.24, 2.45) is 0 Å². The molecule has 0 fully saturated rings. The fraction of sp³-hybridized carbons (Fsp3) is 0.236. The van der Waals surface area contributed by atoms with Gasteiger partial charge in [-0.1, -0.05) is 171 Å². The Balaban J connectivity index is 0.000000181. The van der Waals surface area contributed by atoms with E-state index in [1.165, 1.54) is 104 Å². The molecular formula is C89H94O15. The average molecular weight is 1400 g/mol. The van der Waals surface area contributed by atoms with Crippen LogP contribution in [-0.2, 0) is 39.9 Å². The molecule has 0 saturated heterocycles. The molecular weight excluding hydrogens is 1310 g/mol. The summed E-state index contributed by atoms with van der Waals surface area (Å²) in [5.41, 5.74) is 11.0. The quantitative estimate of drug-likeness (QED) is 0.0394. The highest BCUT2D eigenvalue weighted by Crippen LogP contribution is 2.65. The maximum absolute atomic E-state index is 6.66. The third kappa shape index (κ3) is 16.1. The van der Waals surface area contributed by atoms with Crippen molar-refractivity contribution in [2.45, 2.75) is 134 Å². The van der Waals surface area contributed by atoms with E-state index in [-0.39, 0.29) is 27.1 Å². The maximum atomic E-state index is 6.66. The van der Waals surface area contributed by atoms with Crippen LogP contribution in [0.4, 0.5) is 0 Å². The van der Waals surface area contributed by atoms with E-state index in [0.29, 0.717) is 106 Å². The Bertz CT molecular complexity index is 4240. The van der Waals surface area contributed by atoms with Gasteiger partial charge < -0.3 is 71.1 Å². The van der Waals surface area contributed by atoms with Crippen LogP contribution in [0, 0.1) is 6.92 Å². The zero-order valence-electron chi connectivity index (χ0n) is 61.3. The van der Waals surface area contributed by atoms with Crippen molar-refractivity contribution in [1.29, 1.82) is 0 Å². The van der Waals surface area contributed by atoms with Gasteiger partial charge in [0.2, 0.25) is 0 Å². The van der Waals surface area contributed by atoms with Gasteiger partial charge in [0.1, 0.15) is 40.2 Å². The van der Waals surface area contributed by atoms with Gasteiger partial charge in [0.25, 0.3) is 5.79 Å². The van der Waals surface area contributed by atoms with Crippen LogP contribution in [0.3, 0.4) is 0 Å². The standard InChI is InChI=1S/C31H30O5.C29H32O6.C29H32O4/c1-7-32-27-14-12-23(29(20-27)34-9-3)18-25-16-22(6)17-26(31(25)36-11-5)19-24-13-15-28(33-8-2)21-30(24)35-10-4;1-9-30-23-13-19-21(15-25(23)32-11-3)34-29(17-27(19,5)6)18-28(7,8)20-14-24(31-10-2)26(33-12-4)16-22(20)35-29;1-9-30-23-13-19-21(15-25(23)32-11-3)29(17-27(19,5)6)18-28(7,8)20-14-24(31-10-2)26(33-12-4)16-22(20)29/h7-17,20-21H,1-5,18-19H2,6H3;9-16H,1-4,17-18H2,5-8H3;9-16H,1-4,17-18H2,5-8H3. The van der Waals surface area contributed by atoms with Gasteiger partial charge in [0.15, 0.2) is 46.0 Å². The minimum Gasteiger partial charge on any atom is -0.465 e. The lowest BCUT2D eigenvalue weighted by Gasteiger charge is -2.51. The van der Waals surface area contributed by atoms with Crippen LogP contribution in [0.5, 0.6) is 86.2 Å². The number of hydrogen-bond donors (Lipinski definition) is 0. The van der Waals surface area contributed by atoms with Crippen LogP contribution in [0.2, 0.25) is 0 Å². The number of fused-ring (bicyclic) bond motifs is 6. The molecule has 0 aromatic heterocycles. The first-order valence-corrected chi connectivity index (χ1v) is 33.8. The topological polar surface area (TPSA) is 138 Å². The predicted molar refractivity (Wildman–Crippen MR) is 412 cm³/mol. The number of rotatable bonds is 30. The third-order valence-corrected chi connectivity index (χ3v) is 18.7. The van der Waals surface area contributed by atoms with Gasteiger partial charge in [-0.3, -0.25) is 0 Å². The Morgan fingerprint density at radius 2 is 0.558 bits per heavy atom. The van der Waals surface area contributed by atoms with Gasteiger partial charge in [-0.2, -0.15) is 0 Å². The molecule has 2 spiro atoms. The van der Waals surface area contributed by atoms with Gasteiger partial charge in [-0.25, -0.2) is 0 Å². The van der Waals surface area contributed by atoms with E-state index in [0.717, 1.165) is 57.5 Å². The largest absolute Gasteiger partial charge is 0.465 e. The summed E-state index contributed by atoms with van der Waals surface area (Å²) in [6, 6.07) is 31.3. The van der Waals surface area contributed by atoms with E-state index < -0.39 is 5.79 Å². The molecule has 7 aromatic rings. The average Bonchev–Trinajstić information content (AvgIpc) is 1.53. The molecule has 0 saturated carbocycles. The maximum Gasteiger partial charge on any atom is 0.252 e. The van der Waals surface area contributed by atoms with E-state index in [4.69, 9.17) is 71.1 Å². The summed E-state index contributed by atoms with van der Waals surface area (Å²) in [5.74, 6) is 8.24. The Labute approximate surface area is 613 Å². The van der Waals surface area contributed by atoms with Crippen LogP contribution < -0.4 is 71.1 Å². The molecule has 0 radical (unpaired) electrons. The van der Waals surface area contributed by atoms with Crippen molar-refractivity contribution in [2.75, 3.05) is 0 Å². The second-order valence-electron chi connectivity index (χ2n) is 27.7. The molecule has 0 bridgehead atoms. The third-order valence-electron chi connectivity index (χ3n) is 18.7. The SMILES string of the molecule is C=COc1cc2c(cc1OC=C)C(C)(C)CC1(CC(C)(C)c3cc(OC=C)c(OC=C)cc3O1)O2.C=COc1cc2c(cc1OC=C)C1(CC2(C)C)CC(C)(C)c2cc(OC=C)c(OC=C)cc21.C=COc1ccc(Cc2cc(C)cc(Cc3ccc(OC=C)cc3OC=C)c2OC=C)c(OC=C)c1. The molecule has 0 unspecified atom stereocenters. The molecule has 0 N–H and O–H groups in total. The molecule has 0 amide bonds. The molecule has 0 atom stereocenters. The molecule has 2 aliphatic carbocycles. The lowest BCUT2D eigenvalue weighted by Crippen LogP contribution is -2.55. The van der Waals surface area contributed by atoms with E-state index >= 15 is 0 Å². The molecule has 2 aliphatic heterocycles. The molecule has 540 valence electrons. The highest BCUT2D eigenvalue weighted by atomic mass is 16.7. The monoisotopic (exact) mass is 1400 g/mol. The summed E-state index contributed by atoms with van der Waals surface area (Å²) in [6.07, 6.45) is 22.3. The van der Waals surface area contributed by atoms with Crippen LogP contribution in [0.1, 0.15) is 142 Å². The highest BCUT2D eigenvalue weighted by Gasteiger charge is 2.58. The lowest BCUT2D eigenvalue weighted by atomic mass is 9.69. The number of aryl methyl sites for hydroxylation is 1.